The molecule has 2 aliphatic rings. The van der Waals surface area contributed by atoms with Crippen molar-refractivity contribution in [2.45, 2.75) is 12.5 Å². The predicted octanol–water partition coefficient (Wildman–Crippen LogP) is 0.527. The number of carboxylic acids is 1. The van der Waals surface area contributed by atoms with Gasteiger partial charge in [0.15, 0.2) is 11.8 Å². The number of benzene rings is 1. The molecular weight excluding hydrogens is 260 g/mol. The van der Waals surface area contributed by atoms with Crippen molar-refractivity contribution >= 4 is 17.6 Å². The first-order valence-electron chi connectivity index (χ1n) is 6.44. The van der Waals surface area contributed by atoms with E-state index in [0.717, 1.165) is 5.56 Å². The number of fused-ring (bicyclic) bond motifs is 1. The molecule has 2 aliphatic heterocycles. The summed E-state index contributed by atoms with van der Waals surface area (Å²) in [6, 6.07) is 9.47. The van der Waals surface area contributed by atoms with Crippen molar-refractivity contribution in [2.24, 2.45) is 11.1 Å². The number of hydrogen-bond donors (Lipinski definition) is 1. The van der Waals surface area contributed by atoms with Crippen LogP contribution in [0.3, 0.4) is 0 Å². The Morgan fingerprint density at radius 2 is 2.05 bits per heavy atom. The molecule has 1 aromatic carbocycles. The van der Waals surface area contributed by atoms with Gasteiger partial charge < -0.3 is 14.8 Å². The average molecular weight is 274 g/mol. The summed E-state index contributed by atoms with van der Waals surface area (Å²) < 4.78 is 0. The number of hydrogen-bond acceptors (Lipinski definition) is 4. The van der Waals surface area contributed by atoms with Crippen LogP contribution in [0, 0.1) is 5.92 Å². The quantitative estimate of drug-likeness (QED) is 0.871. The Labute approximate surface area is 115 Å². The van der Waals surface area contributed by atoms with Crippen LogP contribution in [-0.4, -0.2) is 46.8 Å². The number of rotatable bonds is 3. The van der Waals surface area contributed by atoms with Crippen molar-refractivity contribution in [2.75, 3.05) is 13.1 Å². The predicted molar refractivity (Wildman–Crippen MR) is 70.2 cm³/mol. The van der Waals surface area contributed by atoms with Crippen LogP contribution in [0.2, 0.25) is 0 Å². The van der Waals surface area contributed by atoms with Gasteiger partial charge in [-0.25, -0.2) is 4.79 Å². The molecule has 20 heavy (non-hydrogen) atoms. The number of nitrogens with zero attached hydrogens (tertiary/aromatic N) is 2. The van der Waals surface area contributed by atoms with E-state index in [9.17, 15) is 9.59 Å². The first kappa shape index (κ1) is 12.7. The molecule has 0 saturated carbocycles. The molecular formula is C14H14N2O4. The zero-order valence-electron chi connectivity index (χ0n) is 10.7. The Bertz CT molecular complexity index is 570. The fourth-order valence-corrected chi connectivity index (χ4v) is 2.62. The second kappa shape index (κ2) is 4.96. The molecule has 6 heteroatoms. The maximum Gasteiger partial charge on any atom is 0.354 e. The monoisotopic (exact) mass is 274 g/mol. The van der Waals surface area contributed by atoms with Crippen molar-refractivity contribution in [3.8, 4) is 0 Å². The van der Waals surface area contributed by atoms with Crippen molar-refractivity contribution in [1.82, 2.24) is 4.90 Å². The second-order valence-electron chi connectivity index (χ2n) is 4.99. The van der Waals surface area contributed by atoms with E-state index in [-0.39, 0.29) is 23.6 Å². The lowest BCUT2D eigenvalue weighted by molar-refractivity contribution is -0.131. The van der Waals surface area contributed by atoms with E-state index in [2.05, 4.69) is 5.16 Å². The van der Waals surface area contributed by atoms with Gasteiger partial charge in [0.25, 0.3) is 0 Å². The summed E-state index contributed by atoms with van der Waals surface area (Å²) in [7, 11) is 0. The third-order valence-corrected chi connectivity index (χ3v) is 3.67. The molecule has 1 saturated heterocycles. The first-order valence-corrected chi connectivity index (χ1v) is 6.44. The van der Waals surface area contributed by atoms with Gasteiger partial charge in [-0.15, -0.1) is 0 Å². The largest absolute Gasteiger partial charge is 0.477 e. The Hall–Kier alpha value is -2.37. The third kappa shape index (κ3) is 2.24. The minimum absolute atomic E-state index is 0.0149. The summed E-state index contributed by atoms with van der Waals surface area (Å²) in [6.07, 6.45) is 0.000591. The Morgan fingerprint density at radius 3 is 2.75 bits per heavy atom. The molecule has 2 atom stereocenters. The number of oxime groups is 1. The number of carbonyl (C=O) groups excluding carboxylic acids is 1. The SMILES string of the molecule is O=C(O)C1=NOC2CN(C(=O)Cc3ccccc3)CC12. The Morgan fingerprint density at radius 1 is 1.30 bits per heavy atom. The van der Waals surface area contributed by atoms with Crippen molar-refractivity contribution < 1.29 is 19.5 Å². The highest BCUT2D eigenvalue weighted by molar-refractivity contribution is 6.37. The van der Waals surface area contributed by atoms with Crippen molar-refractivity contribution in [3.05, 3.63) is 35.9 Å². The minimum atomic E-state index is -1.07. The smallest absolute Gasteiger partial charge is 0.354 e. The number of aliphatic carboxylic acids is 1. The summed E-state index contributed by atoms with van der Waals surface area (Å²) in [5, 5.41) is 12.6. The highest BCUT2D eigenvalue weighted by atomic mass is 16.6. The van der Waals surface area contributed by atoms with Gasteiger partial charge in [0.1, 0.15) is 0 Å². The van der Waals surface area contributed by atoms with E-state index in [1.807, 2.05) is 30.3 Å². The molecule has 3 rings (SSSR count). The molecule has 2 unspecified atom stereocenters. The van der Waals surface area contributed by atoms with Gasteiger partial charge in [-0.1, -0.05) is 35.5 Å². The van der Waals surface area contributed by atoms with E-state index in [1.165, 1.54) is 0 Å². The van der Waals surface area contributed by atoms with E-state index < -0.39 is 5.97 Å². The number of amides is 1. The van der Waals surface area contributed by atoms with Gasteiger partial charge in [-0.3, -0.25) is 4.79 Å². The first-order chi connectivity index (χ1) is 9.65. The van der Waals surface area contributed by atoms with Crippen LogP contribution in [0.25, 0.3) is 0 Å². The molecule has 6 nitrogen and oxygen atoms in total. The van der Waals surface area contributed by atoms with Crippen LogP contribution in [0.1, 0.15) is 5.56 Å². The Balaban J connectivity index is 1.65. The van der Waals surface area contributed by atoms with Crippen LogP contribution in [0.4, 0.5) is 0 Å². The highest BCUT2D eigenvalue weighted by Crippen LogP contribution is 2.27. The maximum atomic E-state index is 12.2. The number of carbonyl (C=O) groups is 2. The molecule has 104 valence electrons. The topological polar surface area (TPSA) is 79.2 Å². The molecule has 0 aliphatic carbocycles. The third-order valence-electron chi connectivity index (χ3n) is 3.67. The lowest BCUT2D eigenvalue weighted by Crippen LogP contribution is -2.32. The van der Waals surface area contributed by atoms with Crippen LogP contribution in [-0.2, 0) is 20.8 Å². The fraction of sp³-hybridized carbons (Fsp3) is 0.357. The average Bonchev–Trinajstić information content (AvgIpc) is 2.98. The molecule has 1 N–H and O–H groups in total. The summed E-state index contributed by atoms with van der Waals surface area (Å²) in [5.41, 5.74) is 0.965. The van der Waals surface area contributed by atoms with Gasteiger partial charge in [0.2, 0.25) is 5.91 Å². The van der Waals surface area contributed by atoms with Crippen LogP contribution in [0.15, 0.2) is 35.5 Å². The fourth-order valence-electron chi connectivity index (χ4n) is 2.62. The van der Waals surface area contributed by atoms with Crippen molar-refractivity contribution in [1.29, 1.82) is 0 Å². The van der Waals surface area contributed by atoms with Gasteiger partial charge >= 0.3 is 5.97 Å². The normalized spacial score (nSPS) is 24.0. The van der Waals surface area contributed by atoms with Gasteiger partial charge in [0, 0.05) is 6.54 Å². The molecule has 0 radical (unpaired) electrons. The Kier molecular flexibility index (Phi) is 3.14. The molecule has 1 amide bonds. The molecule has 0 spiro atoms. The van der Waals surface area contributed by atoms with E-state index in [1.54, 1.807) is 4.90 Å². The summed E-state index contributed by atoms with van der Waals surface area (Å²) >= 11 is 0. The summed E-state index contributed by atoms with van der Waals surface area (Å²) in [4.78, 5) is 30.0. The molecule has 0 bridgehead atoms. The minimum Gasteiger partial charge on any atom is -0.477 e. The maximum absolute atomic E-state index is 12.2. The van der Waals surface area contributed by atoms with E-state index in [4.69, 9.17) is 9.94 Å². The van der Waals surface area contributed by atoms with E-state index >= 15 is 0 Å². The van der Waals surface area contributed by atoms with E-state index in [0.29, 0.717) is 19.5 Å². The molecule has 1 aromatic rings. The lowest BCUT2D eigenvalue weighted by atomic mass is 10.0. The van der Waals surface area contributed by atoms with Crippen LogP contribution >= 0.6 is 0 Å². The van der Waals surface area contributed by atoms with Crippen molar-refractivity contribution in [3.63, 3.8) is 0 Å². The molecule has 1 fully saturated rings. The van der Waals surface area contributed by atoms with Crippen LogP contribution < -0.4 is 0 Å². The summed E-state index contributed by atoms with van der Waals surface area (Å²) in [5.74, 6) is -1.40. The lowest BCUT2D eigenvalue weighted by Gasteiger charge is -2.16. The second-order valence-corrected chi connectivity index (χ2v) is 4.99. The number of carboxylic acid groups (broad SMARTS) is 1. The van der Waals surface area contributed by atoms with Gasteiger partial charge in [0.05, 0.1) is 18.9 Å². The zero-order chi connectivity index (χ0) is 14.1. The summed E-state index contributed by atoms with van der Waals surface area (Å²) in [6.45, 7) is 0.762. The standard InChI is InChI=1S/C14H14N2O4/c17-12(6-9-4-2-1-3-5-9)16-7-10-11(8-16)20-15-13(10)14(18)19/h1-5,10-11H,6-8H2,(H,18,19). The van der Waals surface area contributed by atoms with Gasteiger partial charge in [-0.05, 0) is 5.56 Å². The van der Waals surface area contributed by atoms with Crippen LogP contribution in [0.5, 0.6) is 0 Å². The number of likely N-dealkylation sites (tertiary alicyclic amines) is 1. The molecule has 0 aromatic heterocycles. The van der Waals surface area contributed by atoms with Gasteiger partial charge in [-0.2, -0.15) is 0 Å². The molecule has 2 heterocycles. The zero-order valence-corrected chi connectivity index (χ0v) is 10.7. The highest BCUT2D eigenvalue weighted by Gasteiger charge is 2.46.